The van der Waals surface area contributed by atoms with E-state index in [1.54, 1.807) is 0 Å². The Kier molecular flexibility index (Phi) is 9.09. The molecule has 0 atom stereocenters. The van der Waals surface area contributed by atoms with Crippen molar-refractivity contribution in [2.24, 2.45) is 0 Å². The highest BCUT2D eigenvalue weighted by Crippen LogP contribution is 2.31. The summed E-state index contributed by atoms with van der Waals surface area (Å²) < 4.78 is 15.2. The van der Waals surface area contributed by atoms with Gasteiger partial charge in [-0.05, 0) is 0 Å². The summed E-state index contributed by atoms with van der Waals surface area (Å²) in [4.78, 5) is 0. The SMILES string of the molecule is OC(O)C(O)(O)O[Si](OC(O)(O)C(O)O)(OC(O)(O)C(O)O)OC(O)(O)C(O)O. The van der Waals surface area contributed by atoms with Crippen LogP contribution >= 0.6 is 0 Å². The molecule has 16 N–H and O–H groups in total. The van der Waals surface area contributed by atoms with E-state index in [1.165, 1.54) is 0 Å². The lowest BCUT2D eigenvalue weighted by Gasteiger charge is -2.42. The molecule has 0 aromatic carbocycles. The lowest BCUT2D eigenvalue weighted by Crippen LogP contribution is -2.71. The van der Waals surface area contributed by atoms with Gasteiger partial charge in [-0.15, -0.1) is 0 Å². The van der Waals surface area contributed by atoms with Crippen molar-refractivity contribution < 1.29 is 99.4 Å². The van der Waals surface area contributed by atoms with Gasteiger partial charge in [0.15, 0.2) is 0 Å². The molecular weight excluding hydrogens is 444 g/mol. The number of hydrogen-bond donors (Lipinski definition) is 16. The molecule has 20 nitrogen and oxygen atoms in total. The minimum atomic E-state index is -6.87. The average molecular weight is 464 g/mol. The van der Waals surface area contributed by atoms with E-state index in [1.807, 2.05) is 0 Å². The fourth-order valence-corrected chi connectivity index (χ4v) is 3.22. The fourth-order valence-electron chi connectivity index (χ4n) is 1.07. The number of hydrogen-bond acceptors (Lipinski definition) is 20. The van der Waals surface area contributed by atoms with Crippen LogP contribution < -0.4 is 0 Å². The maximum Gasteiger partial charge on any atom is 0.696 e. The van der Waals surface area contributed by atoms with Crippen LogP contribution in [0, 0.1) is 0 Å². The maximum atomic E-state index is 9.30. The molecule has 21 heteroatoms. The Morgan fingerprint density at radius 3 is 0.621 bits per heavy atom. The van der Waals surface area contributed by atoms with Gasteiger partial charge in [0.25, 0.3) is 0 Å². The molecule has 0 unspecified atom stereocenters. The molecule has 176 valence electrons. The monoisotopic (exact) mass is 464 g/mol. The van der Waals surface area contributed by atoms with Crippen molar-refractivity contribution in [2.45, 2.75) is 49.1 Å². The van der Waals surface area contributed by atoms with Gasteiger partial charge in [-0.25, -0.2) is 0 Å². The Morgan fingerprint density at radius 2 is 0.517 bits per heavy atom. The zero-order valence-electron chi connectivity index (χ0n) is 13.6. The van der Waals surface area contributed by atoms with Gasteiger partial charge in [0.05, 0.1) is 0 Å². The molecule has 0 bridgehead atoms. The lowest BCUT2D eigenvalue weighted by atomic mass is 10.5. The van der Waals surface area contributed by atoms with E-state index in [4.69, 9.17) is 40.9 Å². The first-order chi connectivity index (χ1) is 12.6. The summed E-state index contributed by atoms with van der Waals surface area (Å²) in [7, 11) is -6.87. The van der Waals surface area contributed by atoms with E-state index in [2.05, 4.69) is 17.7 Å². The first kappa shape index (κ1) is 28.4. The van der Waals surface area contributed by atoms with E-state index in [0.29, 0.717) is 0 Å². The van der Waals surface area contributed by atoms with Gasteiger partial charge in [-0.1, -0.05) is 0 Å². The predicted octanol–water partition coefficient (Wildman–Crippen LogP) is -10.7. The molecule has 0 aromatic heterocycles. The van der Waals surface area contributed by atoms with Gasteiger partial charge >= 0.3 is 32.9 Å². The molecular formula is C8H20O20Si. The second kappa shape index (κ2) is 9.28. The third kappa shape index (κ3) is 7.88. The maximum absolute atomic E-state index is 9.30. The average Bonchev–Trinajstić information content (AvgIpc) is 2.43. The minimum absolute atomic E-state index is 3.48. The molecule has 0 aliphatic rings. The van der Waals surface area contributed by atoms with Crippen molar-refractivity contribution in [2.75, 3.05) is 0 Å². The summed E-state index contributed by atoms with van der Waals surface area (Å²) in [6, 6.07) is 0. The second-order valence-corrected chi connectivity index (χ2v) is 6.85. The summed E-state index contributed by atoms with van der Waals surface area (Å²) >= 11 is 0. The molecule has 0 heterocycles. The lowest BCUT2D eigenvalue weighted by molar-refractivity contribution is -0.478. The van der Waals surface area contributed by atoms with Gasteiger partial charge in [0.1, 0.15) is 0 Å². The van der Waals surface area contributed by atoms with Crippen molar-refractivity contribution >= 4 is 9.05 Å². The van der Waals surface area contributed by atoms with E-state index in [-0.39, 0.29) is 0 Å². The molecule has 0 fully saturated rings. The molecule has 0 aliphatic heterocycles. The molecule has 29 heavy (non-hydrogen) atoms. The highest BCUT2D eigenvalue weighted by Gasteiger charge is 2.67. The number of aliphatic hydroxyl groups is 16. The quantitative estimate of drug-likeness (QED) is 0.0940. The molecule has 0 spiro atoms. The Bertz CT molecular complexity index is 419. The Morgan fingerprint density at radius 1 is 0.379 bits per heavy atom. The van der Waals surface area contributed by atoms with Crippen LogP contribution in [0.4, 0.5) is 0 Å². The number of aliphatic hydroxyl groups excluding tert-OH is 4. The summed E-state index contributed by atoms with van der Waals surface area (Å²) in [6.07, 6.45) is -13.9. The minimum Gasteiger partial charge on any atom is -0.362 e. The molecule has 0 aromatic rings. The van der Waals surface area contributed by atoms with E-state index < -0.39 is 58.1 Å². The van der Waals surface area contributed by atoms with E-state index >= 15 is 0 Å². The predicted molar refractivity (Wildman–Crippen MR) is 71.7 cm³/mol. The zero-order valence-corrected chi connectivity index (χ0v) is 14.6. The summed E-state index contributed by atoms with van der Waals surface area (Å²) in [5, 5.41) is 145. The Labute approximate surface area is 158 Å². The van der Waals surface area contributed by atoms with Crippen molar-refractivity contribution in [1.82, 2.24) is 0 Å². The van der Waals surface area contributed by atoms with Crippen LogP contribution in [0.5, 0.6) is 0 Å². The van der Waals surface area contributed by atoms with Crippen LogP contribution in [0.1, 0.15) is 0 Å². The Hall–Kier alpha value is -0.583. The van der Waals surface area contributed by atoms with Gasteiger partial charge in [0.2, 0.25) is 25.2 Å². The molecule has 0 amide bonds. The summed E-state index contributed by atoms with van der Waals surface area (Å²) in [5.74, 6) is -18.0. The van der Waals surface area contributed by atoms with E-state index in [0.717, 1.165) is 0 Å². The standard InChI is InChI=1S/C8H20O20Si/c9-1(10)5(17,18)25-29(26-6(19,20)2(11)12,27-7(21,22)3(13)14)28-8(23,24)4(15)16/h1-4,9-24H. The van der Waals surface area contributed by atoms with Crippen molar-refractivity contribution in [1.29, 1.82) is 0 Å². The first-order valence-electron chi connectivity index (χ1n) is 6.64. The Balaban J connectivity index is 6.59. The smallest absolute Gasteiger partial charge is 0.362 e. The third-order valence-electron chi connectivity index (χ3n) is 2.45. The first-order valence-corrected chi connectivity index (χ1v) is 8.28. The van der Waals surface area contributed by atoms with Gasteiger partial charge in [-0.3, -0.25) is 17.7 Å². The van der Waals surface area contributed by atoms with Crippen molar-refractivity contribution in [3.63, 3.8) is 0 Å². The van der Waals surface area contributed by atoms with Gasteiger partial charge in [0, 0.05) is 0 Å². The number of rotatable bonds is 12. The van der Waals surface area contributed by atoms with Crippen LogP contribution in [0.2, 0.25) is 0 Å². The normalized spacial score (nSPS) is 15.3. The highest BCUT2D eigenvalue weighted by atomic mass is 28.4. The summed E-state index contributed by atoms with van der Waals surface area (Å²) in [6.45, 7) is 0. The zero-order chi connectivity index (χ0) is 23.6. The van der Waals surface area contributed by atoms with Crippen LogP contribution in [0.3, 0.4) is 0 Å². The molecule has 0 saturated carbocycles. The van der Waals surface area contributed by atoms with Crippen LogP contribution in [-0.4, -0.2) is 140 Å². The third-order valence-corrected chi connectivity index (χ3v) is 4.65. The highest BCUT2D eigenvalue weighted by molar-refractivity contribution is 6.54. The molecule has 0 radical (unpaired) electrons. The topological polar surface area (TPSA) is 361 Å². The largest absolute Gasteiger partial charge is 0.696 e. The van der Waals surface area contributed by atoms with Crippen LogP contribution in [-0.2, 0) is 17.7 Å². The van der Waals surface area contributed by atoms with Gasteiger partial charge in [-0.2, -0.15) is 0 Å². The van der Waals surface area contributed by atoms with E-state index in [9.17, 15) is 40.9 Å². The van der Waals surface area contributed by atoms with Crippen molar-refractivity contribution in [3.8, 4) is 0 Å². The van der Waals surface area contributed by atoms with Crippen molar-refractivity contribution in [3.05, 3.63) is 0 Å². The van der Waals surface area contributed by atoms with Gasteiger partial charge < -0.3 is 81.7 Å². The fraction of sp³-hybridized carbons (Fsp3) is 1.00. The molecule has 0 aliphatic carbocycles. The molecule has 0 rings (SSSR count). The summed E-state index contributed by atoms with van der Waals surface area (Å²) in [5.41, 5.74) is 0. The van der Waals surface area contributed by atoms with Crippen LogP contribution in [0.25, 0.3) is 0 Å². The molecule has 0 saturated heterocycles. The second-order valence-electron chi connectivity index (χ2n) is 5.04. The van der Waals surface area contributed by atoms with Crippen LogP contribution in [0.15, 0.2) is 0 Å².